The van der Waals surface area contributed by atoms with Crippen LogP contribution < -0.4 is 0 Å². The van der Waals surface area contributed by atoms with Gasteiger partial charge < -0.3 is 13.9 Å². The van der Waals surface area contributed by atoms with E-state index in [-0.39, 0.29) is 5.58 Å². The van der Waals surface area contributed by atoms with E-state index in [4.69, 9.17) is 8.83 Å². The number of aryl methyl sites for hydroxylation is 2. The number of halogens is 1. The molecule has 0 fully saturated rings. The lowest BCUT2D eigenvalue weighted by atomic mass is 10.0. The standard InChI is InChI=1S/C16H15FO3/c1-8-9(2)19-10(3)14(8)15(18)13-7-11-5-4-6-12(17)16(11)20-13/h4-7,15,18H,1-3H3. The summed E-state index contributed by atoms with van der Waals surface area (Å²) in [6.45, 7) is 5.52. The SMILES string of the molecule is Cc1oc(C)c(C(O)c2cc3cccc(F)c3o2)c1C. The van der Waals surface area contributed by atoms with E-state index in [0.29, 0.717) is 22.5 Å². The van der Waals surface area contributed by atoms with Crippen molar-refractivity contribution in [3.63, 3.8) is 0 Å². The zero-order chi connectivity index (χ0) is 14.4. The Hall–Kier alpha value is -2.07. The normalized spacial score (nSPS) is 13.1. The van der Waals surface area contributed by atoms with Crippen molar-refractivity contribution in [3.8, 4) is 0 Å². The summed E-state index contributed by atoms with van der Waals surface area (Å²) in [6, 6.07) is 6.35. The second-order valence-electron chi connectivity index (χ2n) is 4.96. The Kier molecular flexibility index (Phi) is 2.91. The van der Waals surface area contributed by atoms with Crippen LogP contribution in [0.25, 0.3) is 11.0 Å². The molecule has 4 heteroatoms. The quantitative estimate of drug-likeness (QED) is 0.762. The lowest BCUT2D eigenvalue weighted by Crippen LogP contribution is -2.00. The van der Waals surface area contributed by atoms with Crippen molar-refractivity contribution in [2.24, 2.45) is 0 Å². The Morgan fingerprint density at radius 2 is 1.85 bits per heavy atom. The number of para-hydroxylation sites is 1. The molecule has 0 saturated carbocycles. The van der Waals surface area contributed by atoms with Crippen LogP contribution in [0.5, 0.6) is 0 Å². The number of benzene rings is 1. The van der Waals surface area contributed by atoms with Gasteiger partial charge in [0.2, 0.25) is 0 Å². The molecule has 0 aliphatic heterocycles. The first-order valence-corrected chi connectivity index (χ1v) is 6.41. The Morgan fingerprint density at radius 3 is 2.45 bits per heavy atom. The minimum Gasteiger partial charge on any atom is -0.466 e. The molecule has 1 atom stereocenters. The first-order chi connectivity index (χ1) is 9.49. The summed E-state index contributed by atoms with van der Waals surface area (Å²) < 4.78 is 24.6. The number of aliphatic hydroxyl groups is 1. The fourth-order valence-corrected chi connectivity index (χ4v) is 2.54. The van der Waals surface area contributed by atoms with Gasteiger partial charge in [-0.25, -0.2) is 4.39 Å². The van der Waals surface area contributed by atoms with Gasteiger partial charge in [-0.15, -0.1) is 0 Å². The van der Waals surface area contributed by atoms with Gasteiger partial charge in [0.25, 0.3) is 0 Å². The molecular formula is C16H15FO3. The van der Waals surface area contributed by atoms with Crippen molar-refractivity contribution in [1.29, 1.82) is 0 Å². The van der Waals surface area contributed by atoms with E-state index in [2.05, 4.69) is 0 Å². The predicted octanol–water partition coefficient (Wildman–Crippen LogP) is 4.17. The number of hydrogen-bond donors (Lipinski definition) is 1. The molecule has 3 rings (SSSR count). The Labute approximate surface area is 115 Å². The fourth-order valence-electron chi connectivity index (χ4n) is 2.54. The minimum absolute atomic E-state index is 0.164. The van der Waals surface area contributed by atoms with E-state index in [1.54, 1.807) is 25.1 Å². The summed E-state index contributed by atoms with van der Waals surface area (Å²) in [5, 5.41) is 11.1. The van der Waals surface area contributed by atoms with E-state index in [9.17, 15) is 9.50 Å². The maximum Gasteiger partial charge on any atom is 0.170 e. The van der Waals surface area contributed by atoms with Gasteiger partial charge in [-0.05, 0) is 38.5 Å². The van der Waals surface area contributed by atoms with Crippen LogP contribution in [0.3, 0.4) is 0 Å². The van der Waals surface area contributed by atoms with Crippen molar-refractivity contribution in [3.05, 3.63) is 58.5 Å². The topological polar surface area (TPSA) is 46.5 Å². The zero-order valence-electron chi connectivity index (χ0n) is 11.5. The number of fused-ring (bicyclic) bond motifs is 1. The fraction of sp³-hybridized carbons (Fsp3) is 0.250. The van der Waals surface area contributed by atoms with E-state index in [1.807, 2.05) is 13.8 Å². The van der Waals surface area contributed by atoms with Gasteiger partial charge in [-0.3, -0.25) is 0 Å². The number of hydrogen-bond acceptors (Lipinski definition) is 3. The number of aliphatic hydroxyl groups excluding tert-OH is 1. The second-order valence-corrected chi connectivity index (χ2v) is 4.96. The highest BCUT2D eigenvalue weighted by Crippen LogP contribution is 2.34. The van der Waals surface area contributed by atoms with Crippen LogP contribution in [0.4, 0.5) is 4.39 Å². The molecule has 3 nitrogen and oxygen atoms in total. The molecule has 0 bridgehead atoms. The molecule has 0 aliphatic rings. The Morgan fingerprint density at radius 1 is 1.10 bits per heavy atom. The summed E-state index contributed by atoms with van der Waals surface area (Å²) in [4.78, 5) is 0. The van der Waals surface area contributed by atoms with Crippen LogP contribution in [-0.2, 0) is 0 Å². The van der Waals surface area contributed by atoms with Crippen LogP contribution >= 0.6 is 0 Å². The molecule has 0 aliphatic carbocycles. The lowest BCUT2D eigenvalue weighted by molar-refractivity contribution is 0.189. The third-order valence-corrected chi connectivity index (χ3v) is 3.68. The average molecular weight is 274 g/mol. The van der Waals surface area contributed by atoms with Gasteiger partial charge in [-0.1, -0.05) is 12.1 Å². The van der Waals surface area contributed by atoms with Crippen molar-refractivity contribution in [1.82, 2.24) is 0 Å². The summed E-state index contributed by atoms with van der Waals surface area (Å²) in [7, 11) is 0. The molecule has 0 amide bonds. The molecule has 3 aromatic rings. The van der Waals surface area contributed by atoms with Gasteiger partial charge in [-0.2, -0.15) is 0 Å². The van der Waals surface area contributed by atoms with Crippen LogP contribution in [0, 0.1) is 26.6 Å². The molecule has 2 heterocycles. The molecule has 0 saturated heterocycles. The predicted molar refractivity (Wildman–Crippen MR) is 73.2 cm³/mol. The molecule has 0 radical (unpaired) electrons. The number of furan rings is 2. The van der Waals surface area contributed by atoms with Gasteiger partial charge in [0.05, 0.1) is 0 Å². The monoisotopic (exact) mass is 274 g/mol. The maximum absolute atomic E-state index is 13.6. The highest BCUT2D eigenvalue weighted by Gasteiger charge is 2.24. The highest BCUT2D eigenvalue weighted by molar-refractivity contribution is 5.78. The van der Waals surface area contributed by atoms with Crippen LogP contribution in [-0.4, -0.2) is 5.11 Å². The summed E-state index contributed by atoms with van der Waals surface area (Å²) >= 11 is 0. The smallest absolute Gasteiger partial charge is 0.170 e. The van der Waals surface area contributed by atoms with Crippen molar-refractivity contribution in [2.75, 3.05) is 0 Å². The summed E-state index contributed by atoms with van der Waals surface area (Å²) in [6.07, 6.45) is -0.959. The van der Waals surface area contributed by atoms with Crippen LogP contribution in [0.1, 0.15) is 34.5 Å². The largest absolute Gasteiger partial charge is 0.466 e. The molecule has 104 valence electrons. The Bertz CT molecular complexity index is 782. The average Bonchev–Trinajstić information content (AvgIpc) is 2.93. The van der Waals surface area contributed by atoms with E-state index >= 15 is 0 Å². The van der Waals surface area contributed by atoms with Crippen molar-refractivity contribution >= 4 is 11.0 Å². The summed E-state index contributed by atoms with van der Waals surface area (Å²) in [5.74, 6) is 1.29. The molecule has 1 unspecified atom stereocenters. The molecule has 1 N–H and O–H groups in total. The molecule has 2 aromatic heterocycles. The third kappa shape index (κ3) is 1.84. The van der Waals surface area contributed by atoms with Gasteiger partial charge in [0.15, 0.2) is 11.4 Å². The molecule has 1 aromatic carbocycles. The van der Waals surface area contributed by atoms with E-state index in [1.165, 1.54) is 6.07 Å². The van der Waals surface area contributed by atoms with Crippen molar-refractivity contribution in [2.45, 2.75) is 26.9 Å². The molecular weight excluding hydrogens is 259 g/mol. The van der Waals surface area contributed by atoms with Crippen LogP contribution in [0.2, 0.25) is 0 Å². The summed E-state index contributed by atoms with van der Waals surface area (Å²) in [5.41, 5.74) is 1.73. The Balaban J connectivity index is 2.13. The highest BCUT2D eigenvalue weighted by atomic mass is 19.1. The van der Waals surface area contributed by atoms with E-state index in [0.717, 1.165) is 11.3 Å². The van der Waals surface area contributed by atoms with Gasteiger partial charge in [0, 0.05) is 10.9 Å². The number of rotatable bonds is 2. The van der Waals surface area contributed by atoms with Gasteiger partial charge in [0.1, 0.15) is 23.4 Å². The first-order valence-electron chi connectivity index (χ1n) is 6.41. The third-order valence-electron chi connectivity index (χ3n) is 3.68. The molecule has 20 heavy (non-hydrogen) atoms. The minimum atomic E-state index is -0.959. The van der Waals surface area contributed by atoms with Crippen LogP contribution in [0.15, 0.2) is 33.1 Å². The van der Waals surface area contributed by atoms with Crippen molar-refractivity contribution < 1.29 is 18.3 Å². The lowest BCUT2D eigenvalue weighted by Gasteiger charge is -2.07. The molecule has 0 spiro atoms. The zero-order valence-corrected chi connectivity index (χ0v) is 11.5. The second kappa shape index (κ2) is 4.49. The van der Waals surface area contributed by atoms with E-state index < -0.39 is 11.9 Å². The van der Waals surface area contributed by atoms with Gasteiger partial charge >= 0.3 is 0 Å². The maximum atomic E-state index is 13.6. The first kappa shape index (κ1) is 12.9.